The van der Waals surface area contributed by atoms with Gasteiger partial charge in [-0.05, 0) is 42.5 Å². The van der Waals surface area contributed by atoms with Crippen molar-refractivity contribution >= 4 is 12.0 Å². The summed E-state index contributed by atoms with van der Waals surface area (Å²) in [7, 11) is 3.21. The summed E-state index contributed by atoms with van der Waals surface area (Å²) in [6, 6.07) is 5.61. The maximum Gasteiger partial charge on any atom is 0.246 e. The normalized spacial score (nSPS) is 16.2. The van der Waals surface area contributed by atoms with Crippen molar-refractivity contribution in [3.05, 3.63) is 29.8 Å². The monoisotopic (exact) mass is 289 g/mol. The summed E-state index contributed by atoms with van der Waals surface area (Å²) in [6.07, 6.45) is 5.64. The van der Waals surface area contributed by atoms with Crippen LogP contribution in [0.2, 0.25) is 0 Å². The van der Waals surface area contributed by atoms with E-state index in [-0.39, 0.29) is 5.91 Å². The first-order chi connectivity index (χ1) is 10.1. The third-order valence-corrected chi connectivity index (χ3v) is 3.92. The van der Waals surface area contributed by atoms with Gasteiger partial charge < -0.3 is 14.4 Å². The maximum absolute atomic E-state index is 12.1. The van der Waals surface area contributed by atoms with Crippen molar-refractivity contribution in [2.24, 2.45) is 5.92 Å². The van der Waals surface area contributed by atoms with Gasteiger partial charge in [0.15, 0.2) is 11.5 Å². The van der Waals surface area contributed by atoms with E-state index in [2.05, 4.69) is 6.92 Å². The smallest absolute Gasteiger partial charge is 0.246 e. The van der Waals surface area contributed by atoms with E-state index in [1.165, 1.54) is 0 Å². The molecule has 2 rings (SSSR count). The largest absolute Gasteiger partial charge is 0.493 e. The predicted octanol–water partition coefficient (Wildman–Crippen LogP) is 2.98. The van der Waals surface area contributed by atoms with Crippen molar-refractivity contribution in [1.82, 2.24) is 4.90 Å². The van der Waals surface area contributed by atoms with Gasteiger partial charge in [-0.2, -0.15) is 0 Å². The highest BCUT2D eigenvalue weighted by atomic mass is 16.5. The maximum atomic E-state index is 12.1. The Hall–Kier alpha value is -1.97. The summed E-state index contributed by atoms with van der Waals surface area (Å²) in [5.41, 5.74) is 0.923. The molecule has 0 saturated carbocycles. The van der Waals surface area contributed by atoms with Crippen LogP contribution >= 0.6 is 0 Å². The third-order valence-electron chi connectivity index (χ3n) is 3.92. The van der Waals surface area contributed by atoms with Gasteiger partial charge in [0, 0.05) is 19.2 Å². The van der Waals surface area contributed by atoms with Gasteiger partial charge in [-0.1, -0.05) is 13.0 Å². The van der Waals surface area contributed by atoms with Gasteiger partial charge in [-0.3, -0.25) is 4.79 Å². The lowest BCUT2D eigenvalue weighted by molar-refractivity contribution is -0.127. The van der Waals surface area contributed by atoms with Crippen molar-refractivity contribution in [2.45, 2.75) is 19.8 Å². The van der Waals surface area contributed by atoms with Gasteiger partial charge in [-0.25, -0.2) is 0 Å². The van der Waals surface area contributed by atoms with Crippen LogP contribution in [-0.2, 0) is 4.79 Å². The second kappa shape index (κ2) is 7.16. The molecule has 0 unspecified atom stereocenters. The number of carbonyl (C=O) groups excluding carboxylic acids is 1. The minimum absolute atomic E-state index is 0.0803. The zero-order valence-electron chi connectivity index (χ0n) is 13.0. The van der Waals surface area contributed by atoms with E-state index in [4.69, 9.17) is 9.47 Å². The fourth-order valence-electron chi connectivity index (χ4n) is 2.46. The number of hydrogen-bond acceptors (Lipinski definition) is 3. The van der Waals surface area contributed by atoms with Crippen molar-refractivity contribution in [2.75, 3.05) is 27.3 Å². The lowest BCUT2D eigenvalue weighted by Crippen LogP contribution is -2.36. The summed E-state index contributed by atoms with van der Waals surface area (Å²) in [5, 5.41) is 0. The van der Waals surface area contributed by atoms with Crippen molar-refractivity contribution < 1.29 is 14.3 Å². The number of ether oxygens (including phenoxy) is 2. The Morgan fingerprint density at radius 2 is 1.86 bits per heavy atom. The van der Waals surface area contributed by atoms with E-state index in [1.54, 1.807) is 20.3 Å². The van der Waals surface area contributed by atoms with Crippen LogP contribution in [0.25, 0.3) is 6.08 Å². The molecule has 114 valence electrons. The quantitative estimate of drug-likeness (QED) is 0.800. The number of carbonyl (C=O) groups is 1. The van der Waals surface area contributed by atoms with E-state index in [9.17, 15) is 4.79 Å². The van der Waals surface area contributed by atoms with Gasteiger partial charge in [0.1, 0.15) is 0 Å². The minimum Gasteiger partial charge on any atom is -0.493 e. The summed E-state index contributed by atoms with van der Waals surface area (Å²) in [5.74, 6) is 2.16. The van der Waals surface area contributed by atoms with Gasteiger partial charge in [0.25, 0.3) is 0 Å². The molecule has 0 bridgehead atoms. The summed E-state index contributed by atoms with van der Waals surface area (Å²) < 4.78 is 10.5. The molecule has 0 N–H and O–H groups in total. The van der Waals surface area contributed by atoms with Crippen LogP contribution in [0.15, 0.2) is 24.3 Å². The molecule has 1 aliphatic heterocycles. The number of piperidine rings is 1. The number of benzene rings is 1. The topological polar surface area (TPSA) is 38.8 Å². The van der Waals surface area contributed by atoms with E-state index in [1.807, 2.05) is 29.2 Å². The molecule has 1 saturated heterocycles. The zero-order chi connectivity index (χ0) is 15.2. The molecule has 21 heavy (non-hydrogen) atoms. The summed E-state index contributed by atoms with van der Waals surface area (Å²) >= 11 is 0. The Morgan fingerprint density at radius 3 is 2.48 bits per heavy atom. The summed E-state index contributed by atoms with van der Waals surface area (Å²) in [4.78, 5) is 14.1. The third kappa shape index (κ3) is 4.00. The molecule has 4 heteroatoms. The number of nitrogens with zero attached hydrogens (tertiary/aromatic N) is 1. The highest BCUT2D eigenvalue weighted by Gasteiger charge is 2.18. The lowest BCUT2D eigenvalue weighted by Gasteiger charge is -2.29. The first-order valence-electron chi connectivity index (χ1n) is 7.33. The Kier molecular flexibility index (Phi) is 5.26. The highest BCUT2D eigenvalue weighted by Crippen LogP contribution is 2.28. The van der Waals surface area contributed by atoms with E-state index in [0.29, 0.717) is 11.5 Å². The molecular formula is C17H23NO3. The fourth-order valence-corrected chi connectivity index (χ4v) is 2.46. The van der Waals surface area contributed by atoms with Gasteiger partial charge >= 0.3 is 0 Å². The first kappa shape index (κ1) is 15.4. The van der Waals surface area contributed by atoms with Crippen LogP contribution in [0, 0.1) is 5.92 Å². The average molecular weight is 289 g/mol. The van der Waals surface area contributed by atoms with Crippen LogP contribution in [0.3, 0.4) is 0 Å². The van der Waals surface area contributed by atoms with E-state index in [0.717, 1.165) is 37.4 Å². The Labute approximate surface area is 126 Å². The van der Waals surface area contributed by atoms with Crippen LogP contribution in [0.1, 0.15) is 25.3 Å². The first-order valence-corrected chi connectivity index (χ1v) is 7.33. The van der Waals surface area contributed by atoms with Gasteiger partial charge in [0.05, 0.1) is 14.2 Å². The summed E-state index contributed by atoms with van der Waals surface area (Å²) in [6.45, 7) is 3.95. The standard InChI is InChI=1S/C17H23NO3/c1-13-8-10-18(11-9-13)17(19)7-5-14-4-6-15(20-2)16(12-14)21-3/h4-7,12-13H,8-11H2,1-3H3. The molecule has 1 fully saturated rings. The van der Waals surface area contributed by atoms with Crippen LogP contribution in [0.4, 0.5) is 0 Å². The molecule has 1 aliphatic rings. The van der Waals surface area contributed by atoms with Gasteiger partial charge in [-0.15, -0.1) is 0 Å². The molecule has 0 atom stereocenters. The van der Waals surface area contributed by atoms with E-state index >= 15 is 0 Å². The Morgan fingerprint density at radius 1 is 1.19 bits per heavy atom. The van der Waals surface area contributed by atoms with Crippen molar-refractivity contribution in [1.29, 1.82) is 0 Å². The van der Waals surface area contributed by atoms with Crippen LogP contribution in [-0.4, -0.2) is 38.1 Å². The molecule has 0 aromatic heterocycles. The zero-order valence-corrected chi connectivity index (χ0v) is 13.0. The molecule has 0 aliphatic carbocycles. The average Bonchev–Trinajstić information content (AvgIpc) is 2.52. The van der Waals surface area contributed by atoms with Crippen LogP contribution < -0.4 is 9.47 Å². The second-order valence-electron chi connectivity index (χ2n) is 5.46. The fraction of sp³-hybridized carbons (Fsp3) is 0.471. The predicted molar refractivity (Wildman–Crippen MR) is 83.6 cm³/mol. The second-order valence-corrected chi connectivity index (χ2v) is 5.46. The molecule has 0 radical (unpaired) electrons. The molecule has 0 spiro atoms. The van der Waals surface area contributed by atoms with E-state index < -0.39 is 0 Å². The van der Waals surface area contributed by atoms with Crippen molar-refractivity contribution in [3.8, 4) is 11.5 Å². The molecule has 4 nitrogen and oxygen atoms in total. The minimum atomic E-state index is 0.0803. The van der Waals surface area contributed by atoms with Gasteiger partial charge in [0.2, 0.25) is 5.91 Å². The number of likely N-dealkylation sites (tertiary alicyclic amines) is 1. The number of rotatable bonds is 4. The molecule has 1 heterocycles. The molecule has 1 amide bonds. The van der Waals surface area contributed by atoms with Crippen LogP contribution in [0.5, 0.6) is 11.5 Å². The van der Waals surface area contributed by atoms with Crippen molar-refractivity contribution in [3.63, 3.8) is 0 Å². The lowest BCUT2D eigenvalue weighted by atomic mass is 9.99. The SMILES string of the molecule is COc1ccc(C=CC(=O)N2CCC(C)CC2)cc1OC. The molecule has 1 aromatic carbocycles. The number of methoxy groups -OCH3 is 2. The number of amides is 1. The number of hydrogen-bond donors (Lipinski definition) is 0. The highest BCUT2D eigenvalue weighted by molar-refractivity contribution is 5.91. The Balaban J connectivity index is 2.02. The Bertz CT molecular complexity index is 517. The molecule has 1 aromatic rings. The molecular weight excluding hydrogens is 266 g/mol.